The molecule has 25 heavy (non-hydrogen) atoms. The summed E-state index contributed by atoms with van der Waals surface area (Å²) in [5, 5.41) is 2.97. The lowest BCUT2D eigenvalue weighted by molar-refractivity contribution is -0.128. The summed E-state index contributed by atoms with van der Waals surface area (Å²) in [6.07, 6.45) is 0.152. The third kappa shape index (κ3) is 5.52. The SMILES string of the molecule is CC[C@H](Oc1ccccc1)C(=O)NCc1ccc(N(CC)CC)cc1. The number of benzene rings is 2. The molecule has 0 saturated carbocycles. The van der Waals surface area contributed by atoms with Gasteiger partial charge in [0.05, 0.1) is 0 Å². The summed E-state index contributed by atoms with van der Waals surface area (Å²) in [6.45, 7) is 8.73. The predicted octanol–water partition coefficient (Wildman–Crippen LogP) is 4.01. The van der Waals surface area contributed by atoms with Gasteiger partial charge in [-0.25, -0.2) is 0 Å². The van der Waals surface area contributed by atoms with Crippen LogP contribution in [0.4, 0.5) is 5.69 Å². The van der Waals surface area contributed by atoms with Crippen LogP contribution in [0.1, 0.15) is 32.8 Å². The van der Waals surface area contributed by atoms with Crippen LogP contribution in [0, 0.1) is 0 Å². The van der Waals surface area contributed by atoms with Crippen LogP contribution >= 0.6 is 0 Å². The Labute approximate surface area is 150 Å². The van der Waals surface area contributed by atoms with E-state index >= 15 is 0 Å². The number of ether oxygens (including phenoxy) is 1. The Hall–Kier alpha value is -2.49. The quantitative estimate of drug-likeness (QED) is 0.750. The first kappa shape index (κ1) is 18.8. The zero-order chi connectivity index (χ0) is 18.1. The summed E-state index contributed by atoms with van der Waals surface area (Å²) in [5.41, 5.74) is 2.29. The van der Waals surface area contributed by atoms with E-state index in [1.165, 1.54) is 5.69 Å². The van der Waals surface area contributed by atoms with E-state index in [1.54, 1.807) is 0 Å². The van der Waals surface area contributed by atoms with Crippen LogP contribution in [-0.2, 0) is 11.3 Å². The van der Waals surface area contributed by atoms with Gasteiger partial charge >= 0.3 is 0 Å². The summed E-state index contributed by atoms with van der Waals surface area (Å²) < 4.78 is 5.77. The van der Waals surface area contributed by atoms with Crippen LogP contribution in [0.5, 0.6) is 5.75 Å². The molecule has 134 valence electrons. The second-order valence-electron chi connectivity index (χ2n) is 5.88. The largest absolute Gasteiger partial charge is 0.481 e. The van der Waals surface area contributed by atoms with Gasteiger partial charge < -0.3 is 15.0 Å². The molecule has 2 rings (SSSR count). The van der Waals surface area contributed by atoms with E-state index in [-0.39, 0.29) is 5.91 Å². The van der Waals surface area contributed by atoms with Crippen LogP contribution in [0.15, 0.2) is 54.6 Å². The number of rotatable bonds is 9. The number of carbonyl (C=O) groups is 1. The Bertz CT molecular complexity index is 637. The fraction of sp³-hybridized carbons (Fsp3) is 0.381. The lowest BCUT2D eigenvalue weighted by Gasteiger charge is -2.21. The number of hydrogen-bond donors (Lipinski definition) is 1. The average Bonchev–Trinajstić information content (AvgIpc) is 2.67. The van der Waals surface area contributed by atoms with Crippen molar-refractivity contribution in [2.24, 2.45) is 0 Å². The van der Waals surface area contributed by atoms with Gasteiger partial charge in [0.15, 0.2) is 6.10 Å². The van der Waals surface area contributed by atoms with Gasteiger partial charge in [-0.2, -0.15) is 0 Å². The summed E-state index contributed by atoms with van der Waals surface area (Å²) in [4.78, 5) is 14.7. The maximum Gasteiger partial charge on any atom is 0.261 e. The van der Waals surface area contributed by atoms with Crippen molar-refractivity contribution in [3.05, 3.63) is 60.2 Å². The molecule has 0 aliphatic heterocycles. The number of nitrogens with zero attached hydrogens (tertiary/aromatic N) is 1. The molecule has 1 N–H and O–H groups in total. The number of anilines is 1. The minimum atomic E-state index is -0.475. The zero-order valence-corrected chi connectivity index (χ0v) is 15.4. The third-order valence-corrected chi connectivity index (χ3v) is 4.22. The number of para-hydroxylation sites is 1. The topological polar surface area (TPSA) is 41.6 Å². The van der Waals surface area contributed by atoms with Crippen molar-refractivity contribution in [2.45, 2.75) is 39.8 Å². The molecule has 1 atom stereocenters. The van der Waals surface area contributed by atoms with Crippen molar-refractivity contribution in [3.63, 3.8) is 0 Å². The molecule has 0 aliphatic rings. The maximum atomic E-state index is 12.4. The van der Waals surface area contributed by atoms with Gasteiger partial charge in [-0.05, 0) is 50.1 Å². The van der Waals surface area contributed by atoms with Crippen molar-refractivity contribution >= 4 is 11.6 Å². The van der Waals surface area contributed by atoms with Crippen LogP contribution in [-0.4, -0.2) is 25.1 Å². The van der Waals surface area contributed by atoms with Crippen molar-refractivity contribution in [2.75, 3.05) is 18.0 Å². The summed E-state index contributed by atoms with van der Waals surface area (Å²) in [7, 11) is 0. The third-order valence-electron chi connectivity index (χ3n) is 4.22. The highest BCUT2D eigenvalue weighted by Crippen LogP contribution is 2.15. The molecule has 0 heterocycles. The lowest BCUT2D eigenvalue weighted by atomic mass is 10.2. The van der Waals surface area contributed by atoms with Crippen molar-refractivity contribution in [1.82, 2.24) is 5.32 Å². The molecule has 2 aromatic carbocycles. The van der Waals surface area contributed by atoms with E-state index < -0.39 is 6.10 Å². The van der Waals surface area contributed by atoms with Crippen molar-refractivity contribution in [1.29, 1.82) is 0 Å². The first-order chi connectivity index (χ1) is 12.2. The predicted molar refractivity (Wildman–Crippen MR) is 103 cm³/mol. The van der Waals surface area contributed by atoms with Gasteiger partial charge in [0, 0.05) is 25.3 Å². The van der Waals surface area contributed by atoms with E-state index in [9.17, 15) is 4.79 Å². The van der Waals surface area contributed by atoms with E-state index in [2.05, 4.69) is 48.3 Å². The molecule has 4 heteroatoms. The monoisotopic (exact) mass is 340 g/mol. The normalized spacial score (nSPS) is 11.6. The Morgan fingerprint density at radius 2 is 1.64 bits per heavy atom. The summed E-state index contributed by atoms with van der Waals surface area (Å²) in [6, 6.07) is 17.8. The molecule has 0 aliphatic carbocycles. The van der Waals surface area contributed by atoms with Gasteiger partial charge in [0.2, 0.25) is 0 Å². The van der Waals surface area contributed by atoms with Gasteiger partial charge in [-0.1, -0.05) is 37.3 Å². The van der Waals surface area contributed by atoms with Crippen LogP contribution in [0.3, 0.4) is 0 Å². The van der Waals surface area contributed by atoms with Crippen molar-refractivity contribution < 1.29 is 9.53 Å². The maximum absolute atomic E-state index is 12.4. The fourth-order valence-corrected chi connectivity index (χ4v) is 2.70. The Morgan fingerprint density at radius 1 is 1.00 bits per heavy atom. The molecule has 2 aromatic rings. The molecule has 0 spiro atoms. The van der Waals surface area contributed by atoms with Crippen LogP contribution in [0.2, 0.25) is 0 Å². The summed E-state index contributed by atoms with van der Waals surface area (Å²) >= 11 is 0. The van der Waals surface area contributed by atoms with Gasteiger partial charge in [0.1, 0.15) is 5.75 Å². The molecule has 0 bridgehead atoms. The molecule has 0 aromatic heterocycles. The molecule has 4 nitrogen and oxygen atoms in total. The first-order valence-electron chi connectivity index (χ1n) is 9.01. The van der Waals surface area contributed by atoms with Gasteiger partial charge in [0.25, 0.3) is 5.91 Å². The van der Waals surface area contributed by atoms with E-state index in [0.29, 0.717) is 18.7 Å². The number of hydrogen-bond acceptors (Lipinski definition) is 3. The summed E-state index contributed by atoms with van der Waals surface area (Å²) in [5.74, 6) is 0.632. The fourth-order valence-electron chi connectivity index (χ4n) is 2.70. The second kappa shape index (κ2) is 9.72. The highest BCUT2D eigenvalue weighted by atomic mass is 16.5. The lowest BCUT2D eigenvalue weighted by Crippen LogP contribution is -2.37. The molecule has 0 unspecified atom stereocenters. The zero-order valence-electron chi connectivity index (χ0n) is 15.4. The molecule has 0 saturated heterocycles. The van der Waals surface area contributed by atoms with Gasteiger partial charge in [-0.3, -0.25) is 4.79 Å². The molecule has 1 amide bonds. The first-order valence-corrected chi connectivity index (χ1v) is 9.01. The van der Waals surface area contributed by atoms with E-state index in [0.717, 1.165) is 18.7 Å². The Balaban J connectivity index is 1.89. The van der Waals surface area contributed by atoms with Crippen molar-refractivity contribution in [3.8, 4) is 5.75 Å². The smallest absolute Gasteiger partial charge is 0.261 e. The second-order valence-corrected chi connectivity index (χ2v) is 5.88. The Kier molecular flexibility index (Phi) is 7.33. The van der Waals surface area contributed by atoms with Crippen LogP contribution in [0.25, 0.3) is 0 Å². The highest BCUT2D eigenvalue weighted by Gasteiger charge is 2.17. The van der Waals surface area contributed by atoms with Crippen LogP contribution < -0.4 is 15.0 Å². The number of amides is 1. The van der Waals surface area contributed by atoms with E-state index in [4.69, 9.17) is 4.74 Å². The molecule has 0 fully saturated rings. The molecular formula is C21H28N2O2. The highest BCUT2D eigenvalue weighted by molar-refractivity contribution is 5.81. The minimum Gasteiger partial charge on any atom is -0.481 e. The van der Waals surface area contributed by atoms with E-state index in [1.807, 2.05) is 37.3 Å². The average molecular weight is 340 g/mol. The Morgan fingerprint density at radius 3 is 2.20 bits per heavy atom. The number of carbonyl (C=O) groups excluding carboxylic acids is 1. The van der Waals surface area contributed by atoms with Gasteiger partial charge in [-0.15, -0.1) is 0 Å². The molecule has 0 radical (unpaired) electrons. The molecular weight excluding hydrogens is 312 g/mol. The minimum absolute atomic E-state index is 0.0841. The standard InChI is InChI=1S/C21H28N2O2/c1-4-20(25-19-10-8-7-9-11-19)21(24)22-16-17-12-14-18(15-13-17)23(5-2)6-3/h7-15,20H,4-6,16H2,1-3H3,(H,22,24)/t20-/m0/s1. The number of nitrogens with one attached hydrogen (secondary N) is 1.